The van der Waals surface area contributed by atoms with E-state index < -0.39 is 24.3 Å². The highest BCUT2D eigenvalue weighted by molar-refractivity contribution is 5.70. The average molecular weight is 1020 g/mol. The smallest absolute Gasteiger partial charge is 0.306 e. The van der Waals surface area contributed by atoms with E-state index in [4.69, 9.17) is 18.9 Å². The first kappa shape index (κ1) is 70.3. The van der Waals surface area contributed by atoms with Crippen LogP contribution in [0.1, 0.15) is 328 Å². The number of rotatable bonds is 60. The molecular weight excluding hydrogens is 899 g/mol. The van der Waals surface area contributed by atoms with Gasteiger partial charge >= 0.3 is 11.9 Å². The number of likely N-dealkylation sites (N-methyl/N-ethyl adjacent to an activating group) is 1. The number of hydrogen-bond acceptors (Lipinski definition) is 8. The summed E-state index contributed by atoms with van der Waals surface area (Å²) in [4.78, 5) is 37.0. The number of carboxylic acid groups (broad SMARTS) is 1. The van der Waals surface area contributed by atoms with Crippen molar-refractivity contribution >= 4 is 17.9 Å². The summed E-state index contributed by atoms with van der Waals surface area (Å²) >= 11 is 0. The number of aliphatic carboxylic acids is 1. The largest absolute Gasteiger partial charge is 0.545 e. The second-order valence-corrected chi connectivity index (χ2v) is 23.1. The molecule has 0 rings (SSSR count). The van der Waals surface area contributed by atoms with Crippen molar-refractivity contribution in [1.29, 1.82) is 0 Å². The van der Waals surface area contributed by atoms with Gasteiger partial charge in [0.05, 0.1) is 40.3 Å². The van der Waals surface area contributed by atoms with Crippen molar-refractivity contribution in [2.75, 3.05) is 47.5 Å². The fraction of sp³-hybridized carbons (Fsp3) is 0.952. The minimum absolute atomic E-state index is 0.153. The molecule has 0 saturated heterocycles. The topological polar surface area (TPSA) is 111 Å². The third kappa shape index (κ3) is 56.0. The Morgan fingerprint density at radius 1 is 0.361 bits per heavy atom. The lowest BCUT2D eigenvalue weighted by Gasteiger charge is -2.26. The molecule has 0 spiro atoms. The van der Waals surface area contributed by atoms with Crippen LogP contribution in [0.4, 0.5) is 0 Å². The monoisotopic (exact) mass is 1020 g/mol. The van der Waals surface area contributed by atoms with E-state index in [1.54, 1.807) is 0 Å². The van der Waals surface area contributed by atoms with Gasteiger partial charge in [0.1, 0.15) is 13.2 Å². The van der Waals surface area contributed by atoms with Gasteiger partial charge in [0.25, 0.3) is 0 Å². The van der Waals surface area contributed by atoms with Crippen molar-refractivity contribution in [3.05, 3.63) is 0 Å². The Morgan fingerprint density at radius 2 is 0.625 bits per heavy atom. The van der Waals surface area contributed by atoms with Crippen LogP contribution in [0.25, 0.3) is 0 Å². The van der Waals surface area contributed by atoms with Crippen molar-refractivity contribution in [3.63, 3.8) is 0 Å². The molecule has 0 heterocycles. The van der Waals surface area contributed by atoms with Gasteiger partial charge in [-0.2, -0.15) is 0 Å². The second kappa shape index (κ2) is 55.5. The van der Waals surface area contributed by atoms with Gasteiger partial charge in [-0.25, -0.2) is 0 Å². The van der Waals surface area contributed by atoms with Crippen LogP contribution in [0.5, 0.6) is 0 Å². The summed E-state index contributed by atoms with van der Waals surface area (Å²) in [6, 6.07) is 0. The van der Waals surface area contributed by atoms with Crippen molar-refractivity contribution in [3.8, 4) is 0 Å². The van der Waals surface area contributed by atoms with E-state index in [0.717, 1.165) is 38.5 Å². The van der Waals surface area contributed by atoms with Gasteiger partial charge in [0.15, 0.2) is 12.4 Å². The summed E-state index contributed by atoms with van der Waals surface area (Å²) in [5.74, 6) is -2.26. The van der Waals surface area contributed by atoms with Gasteiger partial charge < -0.3 is 33.3 Å². The minimum atomic E-state index is -1.61. The lowest BCUT2D eigenvalue weighted by atomic mass is 10.0. The second-order valence-electron chi connectivity index (χ2n) is 23.1. The zero-order valence-corrected chi connectivity index (χ0v) is 48.8. The fourth-order valence-electron chi connectivity index (χ4n) is 9.72. The van der Waals surface area contributed by atoms with Crippen LogP contribution in [-0.4, -0.2) is 82.3 Å². The summed E-state index contributed by atoms with van der Waals surface area (Å²) in [5, 5.41) is 11.7. The molecule has 0 N–H and O–H groups in total. The first-order valence-corrected chi connectivity index (χ1v) is 31.7. The molecule has 0 saturated carbocycles. The predicted molar refractivity (Wildman–Crippen MR) is 302 cm³/mol. The molecule has 0 aliphatic heterocycles. The number of esters is 2. The molecule has 2 atom stereocenters. The maximum absolute atomic E-state index is 12.8. The van der Waals surface area contributed by atoms with Crippen molar-refractivity contribution in [2.24, 2.45) is 0 Å². The lowest BCUT2D eigenvalue weighted by molar-refractivity contribution is -0.870. The number of carbonyl (C=O) groups is 3. The third-order valence-electron chi connectivity index (χ3n) is 14.6. The Hall–Kier alpha value is -1.71. The number of carbonyl (C=O) groups excluding carboxylic acids is 3. The molecule has 0 aliphatic rings. The molecule has 0 fully saturated rings. The summed E-state index contributed by atoms with van der Waals surface area (Å²) in [5.41, 5.74) is 0. The van der Waals surface area contributed by atoms with E-state index in [2.05, 4.69) is 13.8 Å². The highest BCUT2D eigenvalue weighted by atomic mass is 16.7. The molecular formula is C63H123NO8. The van der Waals surface area contributed by atoms with E-state index in [1.807, 2.05) is 21.1 Å². The van der Waals surface area contributed by atoms with Gasteiger partial charge in [-0.15, -0.1) is 0 Å². The Morgan fingerprint density at radius 3 is 0.889 bits per heavy atom. The molecule has 0 aromatic carbocycles. The quantitative estimate of drug-likeness (QED) is 0.0256. The Kier molecular flexibility index (Phi) is 54.2. The van der Waals surface area contributed by atoms with E-state index in [9.17, 15) is 19.5 Å². The van der Waals surface area contributed by atoms with Crippen molar-refractivity contribution < 1.29 is 42.9 Å². The molecule has 2 unspecified atom stereocenters. The number of hydrogen-bond donors (Lipinski definition) is 0. The molecule has 9 nitrogen and oxygen atoms in total. The molecule has 72 heavy (non-hydrogen) atoms. The van der Waals surface area contributed by atoms with Crippen molar-refractivity contribution in [1.82, 2.24) is 0 Å². The van der Waals surface area contributed by atoms with Crippen LogP contribution in [-0.2, 0) is 33.3 Å². The Balaban J connectivity index is 3.78. The van der Waals surface area contributed by atoms with E-state index in [1.165, 1.54) is 263 Å². The Labute approximate surface area is 447 Å². The minimum Gasteiger partial charge on any atom is -0.545 e. The SMILES string of the molecule is CCCCCCCCCCCCCCCCCCCCCCCCCCCCCCCCCCCCCCCCCC(=O)OC(COC(=O)CCCCCCCCCC)COC(OCC[N+](C)(C)C)C(=O)[O-]. The maximum Gasteiger partial charge on any atom is 0.306 e. The number of unbranched alkanes of at least 4 members (excludes halogenated alkanes) is 45. The zero-order valence-electron chi connectivity index (χ0n) is 48.8. The highest BCUT2D eigenvalue weighted by Crippen LogP contribution is 2.19. The van der Waals surface area contributed by atoms with Crippen molar-refractivity contribution in [2.45, 2.75) is 341 Å². The number of nitrogens with zero attached hydrogens (tertiary/aromatic N) is 1. The molecule has 0 amide bonds. The molecule has 0 bridgehead atoms. The normalized spacial score (nSPS) is 12.6. The maximum atomic E-state index is 12.8. The van der Waals surface area contributed by atoms with Gasteiger partial charge in [-0.05, 0) is 12.8 Å². The van der Waals surface area contributed by atoms with Crippen LogP contribution in [0.15, 0.2) is 0 Å². The standard InChI is InChI=1S/C63H123NO8/c1-6-8-10-12-14-16-17-18-19-20-21-22-23-24-25-26-27-28-29-30-31-32-33-34-35-36-37-38-39-40-41-42-43-44-45-46-48-50-52-54-61(66)72-59(58-71-63(62(67)68)69-56-55-64(3,4)5)57-70-60(65)53-51-49-47-15-13-11-9-7-2/h59,63H,6-58H2,1-5H3. The summed E-state index contributed by atoms with van der Waals surface area (Å²) in [6.07, 6.45) is 60.9. The zero-order chi connectivity index (χ0) is 52.7. The fourth-order valence-corrected chi connectivity index (χ4v) is 9.72. The number of quaternary nitrogens is 1. The molecule has 0 aromatic heterocycles. The predicted octanol–water partition coefficient (Wildman–Crippen LogP) is 17.4. The van der Waals surface area contributed by atoms with Crippen LogP contribution < -0.4 is 5.11 Å². The number of ether oxygens (including phenoxy) is 4. The Bertz CT molecular complexity index is 1140. The first-order chi connectivity index (χ1) is 35.1. The molecule has 0 aliphatic carbocycles. The number of carboxylic acids is 1. The summed E-state index contributed by atoms with van der Waals surface area (Å²) in [6.45, 7) is 4.76. The van der Waals surface area contributed by atoms with E-state index in [0.29, 0.717) is 17.4 Å². The first-order valence-electron chi connectivity index (χ1n) is 31.7. The van der Waals surface area contributed by atoms with Gasteiger partial charge in [-0.1, -0.05) is 303 Å². The van der Waals surface area contributed by atoms with E-state index in [-0.39, 0.29) is 32.2 Å². The lowest BCUT2D eigenvalue weighted by Crippen LogP contribution is -2.44. The molecule has 428 valence electrons. The summed E-state index contributed by atoms with van der Waals surface area (Å²) < 4.78 is 22.6. The molecule has 0 aromatic rings. The van der Waals surface area contributed by atoms with Gasteiger partial charge in [0, 0.05) is 12.8 Å². The molecule has 0 radical (unpaired) electrons. The van der Waals surface area contributed by atoms with Gasteiger partial charge in [0.2, 0.25) is 0 Å². The van der Waals surface area contributed by atoms with Gasteiger partial charge in [-0.3, -0.25) is 9.59 Å². The average Bonchev–Trinajstić information content (AvgIpc) is 3.35. The van der Waals surface area contributed by atoms with E-state index >= 15 is 0 Å². The van der Waals surface area contributed by atoms with Crippen LogP contribution in [0.3, 0.4) is 0 Å². The molecule has 9 heteroatoms. The van der Waals surface area contributed by atoms with Crippen LogP contribution >= 0.6 is 0 Å². The van der Waals surface area contributed by atoms with Crippen LogP contribution in [0.2, 0.25) is 0 Å². The highest BCUT2D eigenvalue weighted by Gasteiger charge is 2.22. The van der Waals surface area contributed by atoms with Crippen LogP contribution in [0, 0.1) is 0 Å². The summed E-state index contributed by atoms with van der Waals surface area (Å²) in [7, 11) is 5.93. The third-order valence-corrected chi connectivity index (χ3v) is 14.6.